The SMILES string of the molecule is Cc1cc(C)c(B(c2ccc3c(c2)C(C)(C)c2cc(Br)ccc2-3)c2c(C)cc(C)cc2C)c(C)c1. The molecular formula is C33H34BBr. The van der Waals surface area contributed by atoms with E-state index in [0.717, 1.165) is 4.47 Å². The van der Waals surface area contributed by atoms with E-state index in [4.69, 9.17) is 0 Å². The Kier molecular flexibility index (Phi) is 5.88. The van der Waals surface area contributed by atoms with Crippen LogP contribution in [0.2, 0.25) is 0 Å². The van der Waals surface area contributed by atoms with Crippen molar-refractivity contribution in [1.29, 1.82) is 0 Å². The average molecular weight is 521 g/mol. The van der Waals surface area contributed by atoms with Crippen molar-refractivity contribution in [1.82, 2.24) is 0 Å². The highest BCUT2D eigenvalue weighted by molar-refractivity contribution is 9.10. The van der Waals surface area contributed by atoms with Gasteiger partial charge in [-0.25, -0.2) is 0 Å². The third-order valence-corrected chi connectivity index (χ3v) is 8.54. The molecule has 5 rings (SSSR count). The first-order chi connectivity index (χ1) is 16.5. The van der Waals surface area contributed by atoms with Gasteiger partial charge >= 0.3 is 0 Å². The lowest BCUT2D eigenvalue weighted by Gasteiger charge is -2.27. The topological polar surface area (TPSA) is 0 Å². The second-order valence-corrected chi connectivity index (χ2v) is 12.1. The maximum Gasteiger partial charge on any atom is 0.242 e. The summed E-state index contributed by atoms with van der Waals surface area (Å²) in [5, 5.41) is 0. The van der Waals surface area contributed by atoms with Crippen molar-refractivity contribution in [2.24, 2.45) is 0 Å². The van der Waals surface area contributed by atoms with Crippen LogP contribution in [0.1, 0.15) is 58.4 Å². The van der Waals surface area contributed by atoms with Crippen LogP contribution in [0.25, 0.3) is 11.1 Å². The fourth-order valence-electron chi connectivity index (χ4n) is 6.68. The van der Waals surface area contributed by atoms with Crippen molar-refractivity contribution in [3.05, 3.63) is 110 Å². The van der Waals surface area contributed by atoms with Crippen molar-refractivity contribution in [2.75, 3.05) is 0 Å². The lowest BCUT2D eigenvalue weighted by molar-refractivity contribution is 0.660. The molecule has 4 aromatic rings. The van der Waals surface area contributed by atoms with Crippen LogP contribution in [-0.4, -0.2) is 6.71 Å². The van der Waals surface area contributed by atoms with Gasteiger partial charge in [-0.1, -0.05) is 128 Å². The van der Waals surface area contributed by atoms with Gasteiger partial charge in [-0.2, -0.15) is 0 Å². The van der Waals surface area contributed by atoms with Gasteiger partial charge in [-0.05, 0) is 75.9 Å². The summed E-state index contributed by atoms with van der Waals surface area (Å²) in [5.41, 5.74) is 18.0. The van der Waals surface area contributed by atoms with Crippen molar-refractivity contribution in [3.63, 3.8) is 0 Å². The number of benzene rings is 4. The number of halogens is 1. The lowest BCUT2D eigenvalue weighted by atomic mass is 9.34. The van der Waals surface area contributed by atoms with E-state index in [-0.39, 0.29) is 12.1 Å². The molecule has 4 aromatic carbocycles. The molecule has 35 heavy (non-hydrogen) atoms. The molecule has 0 saturated carbocycles. The summed E-state index contributed by atoms with van der Waals surface area (Å²) in [6.45, 7) is 18.5. The molecule has 0 heterocycles. The molecule has 1 aliphatic rings. The molecule has 176 valence electrons. The number of hydrogen-bond donors (Lipinski definition) is 0. The van der Waals surface area contributed by atoms with Crippen molar-refractivity contribution in [3.8, 4) is 11.1 Å². The standard InChI is InChI=1S/C33H34BBr/c1-19-13-21(3)31(22(4)14-19)34(32-23(5)15-20(2)16-24(32)6)25-9-11-27-28-12-10-26(35)18-30(28)33(7,8)29(27)17-25/h9-18H,1-8H3. The minimum absolute atomic E-state index is 0.0380. The zero-order valence-electron chi connectivity index (χ0n) is 22.2. The molecule has 2 heteroatoms. The molecule has 0 radical (unpaired) electrons. The summed E-state index contributed by atoms with van der Waals surface area (Å²) in [7, 11) is 0. The fourth-order valence-corrected chi connectivity index (χ4v) is 7.04. The van der Waals surface area contributed by atoms with Gasteiger partial charge in [0.1, 0.15) is 0 Å². The first kappa shape index (κ1) is 24.1. The Morgan fingerprint density at radius 1 is 0.571 bits per heavy atom. The Labute approximate surface area is 220 Å². The van der Waals surface area contributed by atoms with E-state index in [1.807, 2.05) is 0 Å². The Balaban J connectivity index is 1.80. The average Bonchev–Trinajstić information content (AvgIpc) is 2.97. The van der Waals surface area contributed by atoms with E-state index in [0.29, 0.717) is 0 Å². The van der Waals surface area contributed by atoms with Crippen LogP contribution < -0.4 is 16.4 Å². The predicted molar refractivity (Wildman–Crippen MR) is 158 cm³/mol. The number of fused-ring (bicyclic) bond motifs is 3. The van der Waals surface area contributed by atoms with Crippen molar-refractivity contribution in [2.45, 2.75) is 60.8 Å². The van der Waals surface area contributed by atoms with Crippen LogP contribution >= 0.6 is 15.9 Å². The molecule has 0 amide bonds. The minimum Gasteiger partial charge on any atom is -0.0683 e. The molecule has 0 unspecified atom stereocenters. The molecule has 0 nitrogen and oxygen atoms in total. The van der Waals surface area contributed by atoms with Crippen LogP contribution in [0.15, 0.2) is 65.1 Å². The van der Waals surface area contributed by atoms with Crippen molar-refractivity contribution < 1.29 is 0 Å². The van der Waals surface area contributed by atoms with Gasteiger partial charge in [0, 0.05) is 9.89 Å². The first-order valence-electron chi connectivity index (χ1n) is 12.6. The van der Waals surface area contributed by atoms with Gasteiger partial charge in [0.15, 0.2) is 0 Å². The Morgan fingerprint density at radius 3 is 1.49 bits per heavy atom. The maximum absolute atomic E-state index is 3.70. The number of rotatable bonds is 3. The van der Waals surface area contributed by atoms with Gasteiger partial charge < -0.3 is 0 Å². The summed E-state index contributed by atoms with van der Waals surface area (Å²) >= 11 is 3.70. The van der Waals surface area contributed by atoms with Crippen molar-refractivity contribution >= 4 is 39.0 Å². The molecule has 0 bridgehead atoms. The van der Waals surface area contributed by atoms with Crippen LogP contribution in [0.3, 0.4) is 0 Å². The van der Waals surface area contributed by atoms with E-state index >= 15 is 0 Å². The zero-order chi connectivity index (χ0) is 25.2. The van der Waals surface area contributed by atoms with E-state index in [1.54, 1.807) is 0 Å². The van der Waals surface area contributed by atoms with E-state index < -0.39 is 0 Å². The normalized spacial score (nSPS) is 13.5. The second-order valence-electron chi connectivity index (χ2n) is 11.2. The molecule has 0 saturated heterocycles. The van der Waals surface area contributed by atoms with Crippen LogP contribution in [0.4, 0.5) is 0 Å². The zero-order valence-corrected chi connectivity index (χ0v) is 23.8. The summed E-state index contributed by atoms with van der Waals surface area (Å²) in [4.78, 5) is 0. The Hall–Kier alpha value is -2.58. The number of hydrogen-bond acceptors (Lipinski definition) is 0. The molecular weight excluding hydrogens is 487 g/mol. The predicted octanol–water partition coefficient (Wildman–Crippen LogP) is 7.12. The molecule has 0 N–H and O–H groups in total. The number of aryl methyl sites for hydroxylation is 6. The highest BCUT2D eigenvalue weighted by atomic mass is 79.9. The highest BCUT2D eigenvalue weighted by Crippen LogP contribution is 2.48. The fraction of sp³-hybridized carbons (Fsp3) is 0.273. The summed E-state index contributed by atoms with van der Waals surface area (Å²) in [5.74, 6) is 0. The van der Waals surface area contributed by atoms with E-state index in [2.05, 4.69) is 132 Å². The smallest absolute Gasteiger partial charge is 0.0683 e. The molecule has 0 aromatic heterocycles. The Morgan fingerprint density at radius 2 is 1.00 bits per heavy atom. The quantitative estimate of drug-likeness (QED) is 0.252. The summed E-state index contributed by atoms with van der Waals surface area (Å²) in [6.07, 6.45) is 0. The third kappa shape index (κ3) is 3.91. The molecule has 0 aliphatic heterocycles. The monoisotopic (exact) mass is 520 g/mol. The molecule has 0 spiro atoms. The largest absolute Gasteiger partial charge is 0.242 e. The first-order valence-corrected chi connectivity index (χ1v) is 13.4. The van der Waals surface area contributed by atoms with Crippen LogP contribution in [0, 0.1) is 41.5 Å². The minimum atomic E-state index is -0.0380. The van der Waals surface area contributed by atoms with Gasteiger partial charge in [-0.3, -0.25) is 0 Å². The molecule has 1 aliphatic carbocycles. The van der Waals surface area contributed by atoms with E-state index in [9.17, 15) is 0 Å². The van der Waals surface area contributed by atoms with Gasteiger partial charge in [0.05, 0.1) is 0 Å². The van der Waals surface area contributed by atoms with Gasteiger partial charge in [0.2, 0.25) is 6.71 Å². The summed E-state index contributed by atoms with van der Waals surface area (Å²) in [6, 6.07) is 23.4. The van der Waals surface area contributed by atoms with Gasteiger partial charge in [0.25, 0.3) is 0 Å². The van der Waals surface area contributed by atoms with Crippen LogP contribution in [0.5, 0.6) is 0 Å². The van der Waals surface area contributed by atoms with Crippen LogP contribution in [-0.2, 0) is 5.41 Å². The maximum atomic E-state index is 3.70. The van der Waals surface area contributed by atoms with E-state index in [1.165, 1.54) is 72.0 Å². The Bertz CT molecular complexity index is 1390. The molecule has 0 fully saturated rings. The highest BCUT2D eigenvalue weighted by Gasteiger charge is 2.37. The lowest BCUT2D eigenvalue weighted by Crippen LogP contribution is -2.56. The third-order valence-electron chi connectivity index (χ3n) is 8.05. The molecule has 0 atom stereocenters. The summed E-state index contributed by atoms with van der Waals surface area (Å²) < 4.78 is 1.15. The van der Waals surface area contributed by atoms with Gasteiger partial charge in [-0.15, -0.1) is 0 Å². The second kappa shape index (κ2) is 8.52.